The highest BCUT2D eigenvalue weighted by Crippen LogP contribution is 2.46. The minimum atomic E-state index is -1.91. The Hall–Kier alpha value is -4.58. The third kappa shape index (κ3) is 3.89. The lowest BCUT2D eigenvalue weighted by Gasteiger charge is -2.20. The van der Waals surface area contributed by atoms with Gasteiger partial charge in [0, 0.05) is 42.7 Å². The maximum absolute atomic E-state index is 13.2. The number of Topliss-reactive ketones (excluding diaryl/α,β-unsaturated/α-hetero) is 1. The second-order valence-corrected chi connectivity index (χ2v) is 9.54. The molecule has 3 unspecified atom stereocenters. The van der Waals surface area contributed by atoms with Crippen LogP contribution in [-0.4, -0.2) is 84.7 Å². The number of aromatic amines is 1. The molecule has 194 valence electrons. The number of benzene rings is 1. The first kappa shape index (κ1) is 23.8. The lowest BCUT2D eigenvalue weighted by molar-refractivity contribution is -0.127. The van der Waals surface area contributed by atoms with Gasteiger partial charge in [0.05, 0.1) is 29.8 Å². The summed E-state index contributed by atoms with van der Waals surface area (Å²) in [6.45, 7) is 2.78. The van der Waals surface area contributed by atoms with E-state index in [4.69, 9.17) is 4.74 Å². The zero-order valence-corrected chi connectivity index (χ0v) is 20.7. The molecule has 2 fully saturated rings. The van der Waals surface area contributed by atoms with Crippen LogP contribution in [0.1, 0.15) is 26.5 Å². The normalized spacial score (nSPS) is 20.7. The van der Waals surface area contributed by atoms with E-state index in [1.807, 2.05) is 18.2 Å². The van der Waals surface area contributed by atoms with E-state index in [0.29, 0.717) is 46.9 Å². The number of methoxy groups -OCH3 is 1. The van der Waals surface area contributed by atoms with Gasteiger partial charge in [-0.25, -0.2) is 14.6 Å². The van der Waals surface area contributed by atoms with Gasteiger partial charge in [-0.1, -0.05) is 18.2 Å². The standard InChI is InChI=1S/C26H25N7O5/c1-13-29-12-33(31-13)24-21-19(18(38-2)9-28-24)15(8-27-21)22(34)23(35)25(36)30-20-16-10-32(11-17(16)20)26(37)14-6-4-3-5-7-14/h3-9,12,16-17,20,23,27,35H,10-11H2,1-2H3,(H,30,36). The number of carbonyl (C=O) groups is 3. The van der Waals surface area contributed by atoms with E-state index in [2.05, 4.69) is 25.4 Å². The van der Waals surface area contributed by atoms with Crippen molar-refractivity contribution in [1.82, 2.24) is 34.9 Å². The van der Waals surface area contributed by atoms with Gasteiger partial charge in [0.15, 0.2) is 11.9 Å². The van der Waals surface area contributed by atoms with Gasteiger partial charge in [-0.2, -0.15) is 5.10 Å². The molecule has 2 aliphatic rings. The molecule has 2 amide bonds. The lowest BCUT2D eigenvalue weighted by atomic mass is 10.0. The van der Waals surface area contributed by atoms with Crippen LogP contribution in [0.25, 0.3) is 16.7 Å². The third-order valence-corrected chi connectivity index (χ3v) is 7.27. The van der Waals surface area contributed by atoms with Crippen molar-refractivity contribution in [1.29, 1.82) is 0 Å². The molecule has 12 nitrogen and oxygen atoms in total. The highest BCUT2D eigenvalue weighted by Gasteiger charge is 2.57. The van der Waals surface area contributed by atoms with Crippen molar-refractivity contribution in [2.24, 2.45) is 11.8 Å². The number of amides is 2. The molecule has 3 atom stereocenters. The maximum atomic E-state index is 13.2. The average molecular weight is 516 g/mol. The Balaban J connectivity index is 1.15. The molecule has 6 rings (SSSR count). The number of aromatic nitrogens is 5. The largest absolute Gasteiger partial charge is 0.494 e. The van der Waals surface area contributed by atoms with E-state index in [0.717, 1.165) is 0 Å². The lowest BCUT2D eigenvalue weighted by Crippen LogP contribution is -2.44. The number of ketones is 1. The van der Waals surface area contributed by atoms with Crippen molar-refractivity contribution in [2.45, 2.75) is 19.1 Å². The van der Waals surface area contributed by atoms with Gasteiger partial charge in [0.25, 0.3) is 11.8 Å². The van der Waals surface area contributed by atoms with Crippen molar-refractivity contribution >= 4 is 28.5 Å². The van der Waals surface area contributed by atoms with Crippen LogP contribution in [0.2, 0.25) is 0 Å². The summed E-state index contributed by atoms with van der Waals surface area (Å²) in [6, 6.07) is 8.87. The van der Waals surface area contributed by atoms with Crippen LogP contribution in [0.15, 0.2) is 49.1 Å². The van der Waals surface area contributed by atoms with Gasteiger partial charge in [0.1, 0.15) is 17.9 Å². The molecule has 1 aliphatic carbocycles. The van der Waals surface area contributed by atoms with Crippen molar-refractivity contribution < 1.29 is 24.2 Å². The molecule has 1 saturated carbocycles. The number of nitrogens with one attached hydrogen (secondary N) is 2. The van der Waals surface area contributed by atoms with Gasteiger partial charge in [-0.15, -0.1) is 0 Å². The fraction of sp³-hybridized carbons (Fsp3) is 0.308. The van der Waals surface area contributed by atoms with E-state index in [-0.39, 0.29) is 29.3 Å². The minimum Gasteiger partial charge on any atom is -0.494 e. The minimum absolute atomic E-state index is 0.0405. The Morgan fingerprint density at radius 2 is 1.89 bits per heavy atom. The van der Waals surface area contributed by atoms with Gasteiger partial charge < -0.3 is 25.0 Å². The van der Waals surface area contributed by atoms with Gasteiger partial charge in [-0.05, 0) is 19.1 Å². The predicted molar refractivity (Wildman–Crippen MR) is 134 cm³/mol. The Morgan fingerprint density at radius 1 is 1.16 bits per heavy atom. The van der Waals surface area contributed by atoms with Crippen molar-refractivity contribution in [2.75, 3.05) is 20.2 Å². The number of fused-ring (bicyclic) bond motifs is 2. The van der Waals surface area contributed by atoms with E-state index < -0.39 is 17.8 Å². The first-order valence-electron chi connectivity index (χ1n) is 12.2. The highest BCUT2D eigenvalue weighted by atomic mass is 16.5. The van der Waals surface area contributed by atoms with Crippen LogP contribution in [-0.2, 0) is 4.79 Å². The Labute approximate surface area is 216 Å². The van der Waals surface area contributed by atoms with Crippen LogP contribution in [0.4, 0.5) is 0 Å². The summed E-state index contributed by atoms with van der Waals surface area (Å²) in [4.78, 5) is 52.0. The van der Waals surface area contributed by atoms with Crippen LogP contribution < -0.4 is 10.1 Å². The van der Waals surface area contributed by atoms with Crippen LogP contribution in [0.3, 0.4) is 0 Å². The van der Waals surface area contributed by atoms with E-state index in [1.54, 1.807) is 24.0 Å². The molecule has 3 N–H and O–H groups in total. The van der Waals surface area contributed by atoms with Gasteiger partial charge in [0.2, 0.25) is 5.78 Å². The number of piperidine rings is 1. The molecule has 0 spiro atoms. The molecule has 4 aromatic rings. The number of aryl methyl sites for hydroxylation is 1. The summed E-state index contributed by atoms with van der Waals surface area (Å²) < 4.78 is 6.87. The van der Waals surface area contributed by atoms with E-state index in [9.17, 15) is 19.5 Å². The number of aliphatic hydroxyl groups excluding tert-OH is 1. The fourth-order valence-corrected chi connectivity index (χ4v) is 5.25. The topological polar surface area (TPSA) is 155 Å². The summed E-state index contributed by atoms with van der Waals surface area (Å²) >= 11 is 0. The van der Waals surface area contributed by atoms with Crippen LogP contribution >= 0.6 is 0 Å². The molecule has 4 heterocycles. The molecule has 3 aromatic heterocycles. The molecule has 38 heavy (non-hydrogen) atoms. The fourth-order valence-electron chi connectivity index (χ4n) is 5.25. The number of carbonyl (C=O) groups excluding carboxylic acids is 3. The number of H-pyrrole nitrogens is 1. The van der Waals surface area contributed by atoms with E-state index in [1.165, 1.54) is 30.5 Å². The number of rotatable bonds is 7. The van der Waals surface area contributed by atoms with Crippen LogP contribution in [0, 0.1) is 18.8 Å². The molecule has 1 aliphatic heterocycles. The summed E-state index contributed by atoms with van der Waals surface area (Å²) in [5.41, 5.74) is 1.17. The second kappa shape index (κ2) is 9.06. The zero-order chi connectivity index (χ0) is 26.6. The molecule has 1 aromatic carbocycles. The number of pyridine rings is 1. The number of hydrogen-bond donors (Lipinski definition) is 3. The molecule has 12 heteroatoms. The highest BCUT2D eigenvalue weighted by molar-refractivity contribution is 6.19. The number of hydrogen-bond acceptors (Lipinski definition) is 8. The SMILES string of the molecule is COc1cnc(-n2cnc(C)n2)c2[nH]cc(C(=O)C(O)C(=O)NC3C4CN(C(=O)c5ccccc5)CC43)c12. The number of ether oxygens (including phenoxy) is 1. The molecular weight excluding hydrogens is 490 g/mol. The summed E-state index contributed by atoms with van der Waals surface area (Å²) in [5.74, 6) is -0.152. The first-order valence-corrected chi connectivity index (χ1v) is 12.2. The molecule has 0 bridgehead atoms. The van der Waals surface area contributed by atoms with Gasteiger partial charge in [-0.3, -0.25) is 14.4 Å². The zero-order valence-electron chi connectivity index (χ0n) is 20.7. The predicted octanol–water partition coefficient (Wildman–Crippen LogP) is 0.891. The van der Waals surface area contributed by atoms with Crippen molar-refractivity contribution in [3.63, 3.8) is 0 Å². The summed E-state index contributed by atoms with van der Waals surface area (Å²) in [7, 11) is 1.44. The summed E-state index contributed by atoms with van der Waals surface area (Å²) in [6.07, 6.45) is 2.45. The molecule has 1 saturated heterocycles. The third-order valence-electron chi connectivity index (χ3n) is 7.27. The van der Waals surface area contributed by atoms with Gasteiger partial charge >= 0.3 is 0 Å². The number of nitrogens with zero attached hydrogens (tertiary/aromatic N) is 5. The van der Waals surface area contributed by atoms with Crippen molar-refractivity contribution in [3.05, 3.63) is 66.0 Å². The monoisotopic (exact) mass is 515 g/mol. The quantitative estimate of drug-likeness (QED) is 0.242. The molecule has 0 radical (unpaired) electrons. The van der Waals surface area contributed by atoms with Crippen LogP contribution in [0.5, 0.6) is 5.75 Å². The second-order valence-electron chi connectivity index (χ2n) is 9.54. The Kier molecular flexibility index (Phi) is 5.68. The average Bonchev–Trinajstić information content (AvgIpc) is 3.41. The molecular formula is C26H25N7O5. The first-order chi connectivity index (χ1) is 18.4. The summed E-state index contributed by atoms with van der Waals surface area (Å²) in [5, 5.41) is 18.1. The number of likely N-dealkylation sites (tertiary alicyclic amines) is 1. The maximum Gasteiger partial charge on any atom is 0.257 e. The van der Waals surface area contributed by atoms with E-state index >= 15 is 0 Å². The Bertz CT molecular complexity index is 1550. The smallest absolute Gasteiger partial charge is 0.257 e. The number of aliphatic hydroxyl groups is 1. The van der Waals surface area contributed by atoms with Crippen molar-refractivity contribution in [3.8, 4) is 11.6 Å². The Morgan fingerprint density at radius 3 is 2.55 bits per heavy atom.